The molecule has 1 rings (SSSR count). The normalized spacial score (nSPS) is 9.67. The second-order valence-electron chi connectivity index (χ2n) is 2.93. The van der Waals surface area contributed by atoms with E-state index in [-0.39, 0.29) is 11.9 Å². The third kappa shape index (κ3) is 4.26. The monoisotopic (exact) mass is 209 g/mol. The Morgan fingerprint density at radius 2 is 2.40 bits per heavy atom. The highest BCUT2D eigenvalue weighted by Crippen LogP contribution is 2.01. The summed E-state index contributed by atoms with van der Waals surface area (Å²) < 4.78 is 0. The molecule has 6 heteroatoms. The highest BCUT2D eigenvalue weighted by molar-refractivity contribution is 5.76. The minimum atomic E-state index is 0.0204. The Morgan fingerprint density at radius 3 is 3.07 bits per heavy atom. The van der Waals surface area contributed by atoms with Gasteiger partial charge in [0, 0.05) is 25.7 Å². The highest BCUT2D eigenvalue weighted by atomic mass is 16.1. The average Bonchev–Trinajstić information content (AvgIpc) is 2.18. The van der Waals surface area contributed by atoms with E-state index in [1.54, 1.807) is 12.3 Å². The molecule has 0 spiro atoms. The molecule has 0 aliphatic heterocycles. The molecule has 15 heavy (non-hydrogen) atoms. The molecule has 0 fully saturated rings. The fourth-order valence-electron chi connectivity index (χ4n) is 1.06. The Labute approximate surface area is 88.3 Å². The number of aromatic nitrogens is 2. The number of nitrogens with one attached hydrogen (secondary N) is 2. The zero-order valence-electron chi connectivity index (χ0n) is 8.66. The van der Waals surface area contributed by atoms with Crippen molar-refractivity contribution in [2.75, 3.05) is 24.1 Å². The van der Waals surface area contributed by atoms with Gasteiger partial charge in [0.15, 0.2) is 0 Å². The first-order chi connectivity index (χ1) is 7.22. The Bertz CT molecular complexity index is 328. The lowest BCUT2D eigenvalue weighted by Gasteiger charge is -2.05. The number of hydrogen-bond donors (Lipinski definition) is 3. The molecule has 6 nitrogen and oxygen atoms in total. The zero-order valence-corrected chi connectivity index (χ0v) is 8.66. The Kier molecular flexibility index (Phi) is 4.33. The van der Waals surface area contributed by atoms with E-state index in [4.69, 9.17) is 5.73 Å². The van der Waals surface area contributed by atoms with Gasteiger partial charge in [0.25, 0.3) is 0 Å². The van der Waals surface area contributed by atoms with Gasteiger partial charge in [-0.15, -0.1) is 0 Å². The summed E-state index contributed by atoms with van der Waals surface area (Å²) in [5.74, 6) is 0.872. The van der Waals surface area contributed by atoms with Crippen molar-refractivity contribution in [3.05, 3.63) is 12.3 Å². The fraction of sp³-hybridized carbons (Fsp3) is 0.444. The fourth-order valence-corrected chi connectivity index (χ4v) is 1.06. The maximum Gasteiger partial charge on any atom is 0.221 e. The SMILES string of the molecule is CCNC(=O)CCNc1ccnc(N)n1. The van der Waals surface area contributed by atoms with E-state index in [0.717, 1.165) is 0 Å². The number of carbonyl (C=O) groups excluding carboxylic acids is 1. The Morgan fingerprint density at radius 1 is 1.60 bits per heavy atom. The van der Waals surface area contributed by atoms with Crippen LogP contribution in [-0.2, 0) is 4.79 Å². The van der Waals surface area contributed by atoms with E-state index in [2.05, 4.69) is 20.6 Å². The molecular weight excluding hydrogens is 194 g/mol. The third-order valence-corrected chi connectivity index (χ3v) is 1.71. The summed E-state index contributed by atoms with van der Waals surface area (Å²) in [6, 6.07) is 1.70. The summed E-state index contributed by atoms with van der Waals surface area (Å²) in [6.07, 6.45) is 1.98. The van der Waals surface area contributed by atoms with Gasteiger partial charge in [-0.2, -0.15) is 4.98 Å². The maximum atomic E-state index is 11.1. The quantitative estimate of drug-likeness (QED) is 0.634. The van der Waals surface area contributed by atoms with Crippen molar-refractivity contribution in [1.82, 2.24) is 15.3 Å². The number of nitrogen functional groups attached to an aromatic ring is 1. The standard InChI is InChI=1S/C9H15N5O/c1-2-11-8(15)4-6-12-7-3-5-13-9(10)14-7/h3,5H,2,4,6H2,1H3,(H,11,15)(H3,10,12,13,14). The van der Waals surface area contributed by atoms with Crippen LogP contribution in [0.1, 0.15) is 13.3 Å². The molecule has 1 amide bonds. The lowest BCUT2D eigenvalue weighted by Crippen LogP contribution is -2.24. The van der Waals surface area contributed by atoms with Gasteiger partial charge in [-0.05, 0) is 13.0 Å². The Hall–Kier alpha value is -1.85. The lowest BCUT2D eigenvalue weighted by molar-refractivity contribution is -0.120. The smallest absolute Gasteiger partial charge is 0.221 e. The molecule has 0 saturated carbocycles. The van der Waals surface area contributed by atoms with Crippen molar-refractivity contribution in [1.29, 1.82) is 0 Å². The molecular formula is C9H15N5O. The predicted octanol–water partition coefficient (Wildman–Crippen LogP) is -0.00310. The van der Waals surface area contributed by atoms with Gasteiger partial charge in [0.05, 0.1) is 0 Å². The van der Waals surface area contributed by atoms with Crippen LogP contribution in [0.25, 0.3) is 0 Å². The van der Waals surface area contributed by atoms with Crippen LogP contribution in [0.3, 0.4) is 0 Å². The molecule has 1 heterocycles. The molecule has 1 aromatic rings. The molecule has 0 bridgehead atoms. The van der Waals surface area contributed by atoms with Crippen molar-refractivity contribution in [2.45, 2.75) is 13.3 Å². The highest BCUT2D eigenvalue weighted by Gasteiger charge is 1.99. The molecule has 82 valence electrons. The topological polar surface area (TPSA) is 92.9 Å². The largest absolute Gasteiger partial charge is 0.369 e. The van der Waals surface area contributed by atoms with E-state index in [1.165, 1.54) is 0 Å². The number of rotatable bonds is 5. The molecule has 0 aliphatic carbocycles. The molecule has 4 N–H and O–H groups in total. The van der Waals surface area contributed by atoms with Crippen LogP contribution in [0.5, 0.6) is 0 Å². The zero-order chi connectivity index (χ0) is 11.1. The minimum absolute atomic E-state index is 0.0204. The summed E-state index contributed by atoms with van der Waals surface area (Å²) in [7, 11) is 0. The van der Waals surface area contributed by atoms with Crippen LogP contribution in [0.15, 0.2) is 12.3 Å². The van der Waals surface area contributed by atoms with E-state index < -0.39 is 0 Å². The molecule has 1 aromatic heterocycles. The van der Waals surface area contributed by atoms with Crippen LogP contribution in [-0.4, -0.2) is 29.0 Å². The molecule has 0 atom stereocenters. The lowest BCUT2D eigenvalue weighted by atomic mass is 10.4. The number of anilines is 2. The molecule has 0 unspecified atom stereocenters. The molecule has 0 aromatic carbocycles. The van der Waals surface area contributed by atoms with Gasteiger partial charge in [-0.1, -0.05) is 0 Å². The predicted molar refractivity (Wildman–Crippen MR) is 58.2 cm³/mol. The third-order valence-electron chi connectivity index (χ3n) is 1.71. The van der Waals surface area contributed by atoms with Crippen molar-refractivity contribution < 1.29 is 4.79 Å². The summed E-state index contributed by atoms with van der Waals surface area (Å²) in [6.45, 7) is 3.07. The van der Waals surface area contributed by atoms with Gasteiger partial charge in [-0.3, -0.25) is 4.79 Å². The van der Waals surface area contributed by atoms with E-state index >= 15 is 0 Å². The number of nitrogens with zero attached hydrogens (tertiary/aromatic N) is 2. The van der Waals surface area contributed by atoms with Crippen LogP contribution in [0.4, 0.5) is 11.8 Å². The van der Waals surface area contributed by atoms with Crippen molar-refractivity contribution in [3.8, 4) is 0 Å². The van der Waals surface area contributed by atoms with Crippen LogP contribution in [0.2, 0.25) is 0 Å². The van der Waals surface area contributed by atoms with Crippen LogP contribution >= 0.6 is 0 Å². The summed E-state index contributed by atoms with van der Waals surface area (Å²) in [5, 5.41) is 5.69. The molecule has 0 radical (unpaired) electrons. The van der Waals surface area contributed by atoms with Crippen molar-refractivity contribution in [2.24, 2.45) is 0 Å². The van der Waals surface area contributed by atoms with Gasteiger partial charge in [0.1, 0.15) is 5.82 Å². The summed E-state index contributed by atoms with van der Waals surface area (Å²) >= 11 is 0. The van der Waals surface area contributed by atoms with Crippen LogP contribution < -0.4 is 16.4 Å². The number of nitrogens with two attached hydrogens (primary N) is 1. The van der Waals surface area contributed by atoms with Crippen molar-refractivity contribution >= 4 is 17.7 Å². The minimum Gasteiger partial charge on any atom is -0.369 e. The van der Waals surface area contributed by atoms with Crippen LogP contribution in [0, 0.1) is 0 Å². The second-order valence-corrected chi connectivity index (χ2v) is 2.93. The van der Waals surface area contributed by atoms with Gasteiger partial charge in [-0.25, -0.2) is 4.98 Å². The van der Waals surface area contributed by atoms with Gasteiger partial charge in [0.2, 0.25) is 11.9 Å². The van der Waals surface area contributed by atoms with E-state index in [9.17, 15) is 4.79 Å². The first kappa shape index (κ1) is 11.2. The van der Waals surface area contributed by atoms with Crippen molar-refractivity contribution in [3.63, 3.8) is 0 Å². The van der Waals surface area contributed by atoms with E-state index in [1.807, 2.05) is 6.92 Å². The van der Waals surface area contributed by atoms with E-state index in [0.29, 0.717) is 25.3 Å². The summed E-state index contributed by atoms with van der Waals surface area (Å²) in [5.41, 5.74) is 5.40. The Balaban J connectivity index is 2.28. The first-order valence-corrected chi connectivity index (χ1v) is 4.81. The maximum absolute atomic E-state index is 11.1. The summed E-state index contributed by atoms with van der Waals surface area (Å²) in [4.78, 5) is 18.8. The number of amides is 1. The molecule has 0 saturated heterocycles. The molecule has 0 aliphatic rings. The average molecular weight is 209 g/mol. The van der Waals surface area contributed by atoms with Gasteiger partial charge < -0.3 is 16.4 Å². The first-order valence-electron chi connectivity index (χ1n) is 4.81. The number of carbonyl (C=O) groups is 1. The second kappa shape index (κ2) is 5.79. The number of hydrogen-bond acceptors (Lipinski definition) is 5. The van der Waals surface area contributed by atoms with Gasteiger partial charge >= 0.3 is 0 Å².